The molecule has 2 heteroatoms. The van der Waals surface area contributed by atoms with Gasteiger partial charge in [0.1, 0.15) is 0 Å². The molecule has 0 spiro atoms. The Labute approximate surface area is 117 Å². The number of nitrogens with zero attached hydrogens (tertiary/aromatic N) is 1. The van der Waals surface area contributed by atoms with E-state index in [0.717, 1.165) is 12.8 Å². The fourth-order valence-corrected chi connectivity index (χ4v) is 2.02. The summed E-state index contributed by atoms with van der Waals surface area (Å²) in [5, 5.41) is 0. The second kappa shape index (κ2) is 7.32. The molecule has 0 aliphatic rings. The molecular formula is C17H27NO. The van der Waals surface area contributed by atoms with Gasteiger partial charge in [0.2, 0.25) is 5.91 Å². The molecule has 0 saturated heterocycles. The topological polar surface area (TPSA) is 20.3 Å². The molecule has 0 N–H and O–H groups in total. The molecule has 2 nitrogen and oxygen atoms in total. The first kappa shape index (κ1) is 15.7. The van der Waals surface area contributed by atoms with Crippen LogP contribution in [-0.2, 0) is 11.2 Å². The van der Waals surface area contributed by atoms with Crippen LogP contribution < -0.4 is 0 Å². The van der Waals surface area contributed by atoms with Crippen molar-refractivity contribution in [3.05, 3.63) is 35.4 Å². The van der Waals surface area contributed by atoms with Gasteiger partial charge < -0.3 is 4.90 Å². The van der Waals surface area contributed by atoms with E-state index in [0.29, 0.717) is 18.4 Å². The van der Waals surface area contributed by atoms with Crippen molar-refractivity contribution in [2.45, 2.75) is 58.9 Å². The van der Waals surface area contributed by atoms with Gasteiger partial charge >= 0.3 is 0 Å². The monoisotopic (exact) mass is 261 g/mol. The van der Waals surface area contributed by atoms with E-state index in [4.69, 9.17) is 0 Å². The second-order valence-electron chi connectivity index (χ2n) is 5.66. The van der Waals surface area contributed by atoms with Crippen LogP contribution in [0.1, 0.15) is 57.6 Å². The van der Waals surface area contributed by atoms with Crippen LogP contribution in [0.4, 0.5) is 0 Å². The van der Waals surface area contributed by atoms with Crippen LogP contribution >= 0.6 is 0 Å². The van der Waals surface area contributed by atoms with Gasteiger partial charge in [-0.2, -0.15) is 0 Å². The normalized spacial score (nSPS) is 12.5. The van der Waals surface area contributed by atoms with Crippen LogP contribution in [0.25, 0.3) is 0 Å². The zero-order chi connectivity index (χ0) is 14.4. The van der Waals surface area contributed by atoms with Gasteiger partial charge in [-0.1, -0.05) is 45.0 Å². The number of rotatable bonds is 6. The van der Waals surface area contributed by atoms with Gasteiger partial charge in [0, 0.05) is 19.5 Å². The average Bonchev–Trinajstić information content (AvgIpc) is 2.43. The van der Waals surface area contributed by atoms with Crippen LogP contribution in [0.5, 0.6) is 0 Å². The van der Waals surface area contributed by atoms with Crippen LogP contribution in [-0.4, -0.2) is 23.9 Å². The summed E-state index contributed by atoms with van der Waals surface area (Å²) >= 11 is 0. The lowest BCUT2D eigenvalue weighted by atomic mass is 10.00. The molecular weight excluding hydrogens is 234 g/mol. The minimum Gasteiger partial charge on any atom is -0.343 e. The molecule has 1 aromatic carbocycles. The molecule has 0 fully saturated rings. The summed E-state index contributed by atoms with van der Waals surface area (Å²) < 4.78 is 0. The van der Waals surface area contributed by atoms with Crippen molar-refractivity contribution in [3.8, 4) is 0 Å². The minimum absolute atomic E-state index is 0.238. The SMILES string of the molecule is CCC(C)N(C)C(=O)CCc1ccc(C(C)C)cc1. The second-order valence-corrected chi connectivity index (χ2v) is 5.66. The number of carbonyl (C=O) groups is 1. The fraction of sp³-hybridized carbons (Fsp3) is 0.588. The maximum atomic E-state index is 12.0. The molecule has 106 valence electrons. The minimum atomic E-state index is 0.238. The Balaban J connectivity index is 2.50. The van der Waals surface area contributed by atoms with Gasteiger partial charge in [-0.05, 0) is 36.8 Å². The van der Waals surface area contributed by atoms with Crippen molar-refractivity contribution in [2.75, 3.05) is 7.05 Å². The van der Waals surface area contributed by atoms with Crippen LogP contribution in [0.15, 0.2) is 24.3 Å². The molecule has 1 rings (SSSR count). The molecule has 0 heterocycles. The van der Waals surface area contributed by atoms with E-state index in [-0.39, 0.29) is 5.91 Å². The molecule has 19 heavy (non-hydrogen) atoms. The third kappa shape index (κ3) is 4.70. The van der Waals surface area contributed by atoms with E-state index in [1.807, 2.05) is 11.9 Å². The Bertz CT molecular complexity index is 394. The maximum absolute atomic E-state index is 12.0. The molecule has 0 aliphatic carbocycles. The number of aryl methyl sites for hydroxylation is 1. The van der Waals surface area contributed by atoms with Crippen molar-refractivity contribution in [1.82, 2.24) is 4.90 Å². The quantitative estimate of drug-likeness (QED) is 0.758. The lowest BCUT2D eigenvalue weighted by molar-refractivity contribution is -0.131. The zero-order valence-electron chi connectivity index (χ0n) is 12.9. The molecule has 1 amide bonds. The average molecular weight is 261 g/mol. The van der Waals surface area contributed by atoms with Crippen molar-refractivity contribution in [1.29, 1.82) is 0 Å². The molecule has 1 atom stereocenters. The number of benzene rings is 1. The van der Waals surface area contributed by atoms with Gasteiger partial charge in [-0.3, -0.25) is 4.79 Å². The Kier molecular flexibility index (Phi) is 6.07. The number of amides is 1. The van der Waals surface area contributed by atoms with Gasteiger partial charge in [0.25, 0.3) is 0 Å². The number of hydrogen-bond donors (Lipinski definition) is 0. The van der Waals surface area contributed by atoms with E-state index in [9.17, 15) is 4.79 Å². The van der Waals surface area contributed by atoms with E-state index >= 15 is 0 Å². The predicted octanol–water partition coefficient (Wildman–Crippen LogP) is 4.00. The van der Waals surface area contributed by atoms with E-state index in [2.05, 4.69) is 52.0 Å². The molecule has 0 saturated carbocycles. The smallest absolute Gasteiger partial charge is 0.222 e. The lowest BCUT2D eigenvalue weighted by Gasteiger charge is -2.23. The molecule has 1 unspecified atom stereocenters. The molecule has 0 aliphatic heterocycles. The van der Waals surface area contributed by atoms with E-state index < -0.39 is 0 Å². The summed E-state index contributed by atoms with van der Waals surface area (Å²) in [6, 6.07) is 8.96. The van der Waals surface area contributed by atoms with Gasteiger partial charge in [-0.15, -0.1) is 0 Å². The van der Waals surface area contributed by atoms with Crippen molar-refractivity contribution in [2.24, 2.45) is 0 Å². The molecule has 0 radical (unpaired) electrons. The summed E-state index contributed by atoms with van der Waals surface area (Å²) in [4.78, 5) is 13.9. The third-order valence-corrected chi connectivity index (χ3v) is 3.92. The first-order valence-electron chi connectivity index (χ1n) is 7.30. The van der Waals surface area contributed by atoms with Crippen molar-refractivity contribution < 1.29 is 4.79 Å². The van der Waals surface area contributed by atoms with Crippen LogP contribution in [0.3, 0.4) is 0 Å². The van der Waals surface area contributed by atoms with Gasteiger partial charge in [0.15, 0.2) is 0 Å². The number of carbonyl (C=O) groups excluding carboxylic acids is 1. The third-order valence-electron chi connectivity index (χ3n) is 3.92. The van der Waals surface area contributed by atoms with Crippen LogP contribution in [0, 0.1) is 0 Å². The van der Waals surface area contributed by atoms with Crippen molar-refractivity contribution >= 4 is 5.91 Å². The Morgan fingerprint density at radius 1 is 1.16 bits per heavy atom. The highest BCUT2D eigenvalue weighted by Crippen LogP contribution is 2.15. The molecule has 1 aromatic rings. The van der Waals surface area contributed by atoms with Crippen LogP contribution in [0.2, 0.25) is 0 Å². The van der Waals surface area contributed by atoms with Gasteiger partial charge in [-0.25, -0.2) is 0 Å². The summed E-state index contributed by atoms with van der Waals surface area (Å²) in [6.45, 7) is 8.59. The summed E-state index contributed by atoms with van der Waals surface area (Å²) in [6.07, 6.45) is 2.44. The Morgan fingerprint density at radius 2 is 1.74 bits per heavy atom. The number of hydrogen-bond acceptors (Lipinski definition) is 1. The lowest BCUT2D eigenvalue weighted by Crippen LogP contribution is -2.34. The standard InChI is InChI=1S/C17H27NO/c1-6-14(4)18(5)17(19)12-9-15-7-10-16(11-8-15)13(2)3/h7-8,10-11,13-14H,6,9,12H2,1-5H3. The molecule has 0 bridgehead atoms. The molecule has 0 aromatic heterocycles. The Morgan fingerprint density at radius 3 is 2.21 bits per heavy atom. The largest absolute Gasteiger partial charge is 0.343 e. The highest BCUT2D eigenvalue weighted by atomic mass is 16.2. The zero-order valence-corrected chi connectivity index (χ0v) is 12.9. The first-order valence-corrected chi connectivity index (χ1v) is 7.30. The summed E-state index contributed by atoms with van der Waals surface area (Å²) in [5.41, 5.74) is 2.60. The first-order chi connectivity index (χ1) is 8.95. The Hall–Kier alpha value is -1.31. The summed E-state index contributed by atoms with van der Waals surface area (Å²) in [7, 11) is 1.90. The fourth-order valence-electron chi connectivity index (χ4n) is 2.02. The van der Waals surface area contributed by atoms with Crippen molar-refractivity contribution in [3.63, 3.8) is 0 Å². The highest BCUT2D eigenvalue weighted by Gasteiger charge is 2.13. The van der Waals surface area contributed by atoms with Gasteiger partial charge in [0.05, 0.1) is 0 Å². The van der Waals surface area contributed by atoms with E-state index in [1.54, 1.807) is 0 Å². The maximum Gasteiger partial charge on any atom is 0.222 e. The summed E-state index contributed by atoms with van der Waals surface area (Å²) in [5.74, 6) is 0.800. The highest BCUT2D eigenvalue weighted by molar-refractivity contribution is 5.76. The van der Waals surface area contributed by atoms with E-state index in [1.165, 1.54) is 11.1 Å². The predicted molar refractivity (Wildman–Crippen MR) is 81.4 cm³/mol.